The highest BCUT2D eigenvalue weighted by Gasteiger charge is 2.17. The molecule has 4 N–H and O–H groups in total. The maximum Gasteiger partial charge on any atom is 0.176 e. The number of nitrogens with one attached hydrogen (secondary N) is 2. The summed E-state index contributed by atoms with van der Waals surface area (Å²) in [6.45, 7) is 0. The number of hydrogen-bond acceptors (Lipinski definition) is 5. The monoisotopic (exact) mass is 334 g/mol. The molecule has 0 fully saturated rings. The Hall–Kier alpha value is -1.96. The highest BCUT2D eigenvalue weighted by molar-refractivity contribution is 7.99. The van der Waals surface area contributed by atoms with Crippen LogP contribution in [-0.4, -0.2) is 32.7 Å². The van der Waals surface area contributed by atoms with E-state index in [1.54, 1.807) is 24.3 Å². The Morgan fingerprint density at radius 2 is 2.23 bits per heavy atom. The summed E-state index contributed by atoms with van der Waals surface area (Å²) in [7, 11) is 1.88. The van der Waals surface area contributed by atoms with Crippen LogP contribution in [0.2, 0.25) is 5.02 Å². The van der Waals surface area contributed by atoms with Crippen LogP contribution in [0.15, 0.2) is 41.7 Å². The molecular weight excluding hydrogens is 320 g/mol. The van der Waals surface area contributed by atoms with Gasteiger partial charge in [-0.25, -0.2) is 4.98 Å². The smallest absolute Gasteiger partial charge is 0.176 e. The first-order valence-electron chi connectivity index (χ1n) is 6.61. The summed E-state index contributed by atoms with van der Waals surface area (Å²) in [5.74, 6) is 1.98. The summed E-state index contributed by atoms with van der Waals surface area (Å²) in [5, 5.41) is 10.9. The Morgan fingerprint density at radius 1 is 1.41 bits per heavy atom. The molecule has 0 aliphatic heterocycles. The van der Waals surface area contributed by atoms with Gasteiger partial charge >= 0.3 is 0 Å². The van der Waals surface area contributed by atoms with Gasteiger partial charge in [0.15, 0.2) is 5.82 Å². The molecule has 22 heavy (non-hydrogen) atoms. The number of aromatic amines is 1. The fraction of sp³-hybridized carbons (Fsp3) is 0.143. The van der Waals surface area contributed by atoms with E-state index in [0.717, 1.165) is 22.0 Å². The van der Waals surface area contributed by atoms with E-state index in [1.807, 2.05) is 35.9 Å². The Labute approximate surface area is 137 Å². The third-order valence-electron chi connectivity index (χ3n) is 3.11. The first-order valence-corrected chi connectivity index (χ1v) is 7.97. The van der Waals surface area contributed by atoms with Gasteiger partial charge in [0.1, 0.15) is 12.1 Å². The minimum absolute atomic E-state index is 0.536. The van der Waals surface area contributed by atoms with Crippen molar-refractivity contribution in [3.05, 3.63) is 41.8 Å². The Bertz CT molecular complexity index is 781. The lowest BCUT2D eigenvalue weighted by Crippen LogP contribution is -2.05. The van der Waals surface area contributed by atoms with E-state index in [0.29, 0.717) is 16.7 Å². The van der Waals surface area contributed by atoms with Gasteiger partial charge in [0, 0.05) is 16.5 Å². The van der Waals surface area contributed by atoms with E-state index < -0.39 is 0 Å². The highest BCUT2D eigenvalue weighted by Crippen LogP contribution is 2.33. The number of nitrogens with zero attached hydrogens (tertiary/aromatic N) is 3. The van der Waals surface area contributed by atoms with Gasteiger partial charge in [-0.2, -0.15) is 5.10 Å². The minimum Gasteiger partial charge on any atom is -0.383 e. The third kappa shape index (κ3) is 2.70. The molecule has 0 bridgehead atoms. The van der Waals surface area contributed by atoms with E-state index in [-0.39, 0.29) is 0 Å². The van der Waals surface area contributed by atoms with Crippen molar-refractivity contribution in [1.82, 2.24) is 25.1 Å². The Balaban J connectivity index is 2.08. The summed E-state index contributed by atoms with van der Waals surface area (Å²) in [6.07, 6.45) is 3.47. The zero-order valence-corrected chi connectivity index (χ0v) is 13.4. The molecule has 0 atom stereocenters. The fourth-order valence-corrected chi connectivity index (χ4v) is 3.11. The summed E-state index contributed by atoms with van der Waals surface area (Å²) in [6, 6.07) is 7.64. The summed E-state index contributed by atoms with van der Waals surface area (Å²) in [5.41, 5.74) is 7.74. The normalized spacial score (nSPS) is 11.0. The molecule has 0 unspecified atom stereocenters. The number of thioether (sulfide) groups is 1. The standard InChI is InChI=1S/C14H15ClN6S/c1-17-8-22-12-13(16)19-20-14(12)21-7-18-6-11(21)9-4-2-3-5-10(9)15/h2-7,17H,8H2,1H3,(H3,16,19,20). The van der Waals surface area contributed by atoms with E-state index in [1.165, 1.54) is 0 Å². The highest BCUT2D eigenvalue weighted by atomic mass is 35.5. The van der Waals surface area contributed by atoms with Crippen LogP contribution in [0.4, 0.5) is 5.82 Å². The molecule has 0 amide bonds. The van der Waals surface area contributed by atoms with E-state index in [9.17, 15) is 0 Å². The molecule has 0 saturated carbocycles. The average Bonchev–Trinajstić information content (AvgIpc) is 3.12. The third-order valence-corrected chi connectivity index (χ3v) is 4.56. The second-order valence-corrected chi connectivity index (χ2v) is 5.95. The molecule has 0 aliphatic carbocycles. The number of nitrogen functional groups attached to an aromatic ring is 1. The molecule has 1 aromatic carbocycles. The molecule has 2 aromatic heterocycles. The predicted molar refractivity (Wildman–Crippen MR) is 90.4 cm³/mol. The Morgan fingerprint density at radius 3 is 3.00 bits per heavy atom. The zero-order valence-electron chi connectivity index (χ0n) is 11.9. The lowest BCUT2D eigenvalue weighted by Gasteiger charge is -2.09. The van der Waals surface area contributed by atoms with Gasteiger partial charge in [-0.15, -0.1) is 11.8 Å². The molecule has 0 radical (unpaired) electrons. The van der Waals surface area contributed by atoms with Gasteiger partial charge in [-0.05, 0) is 13.1 Å². The number of nitrogens with two attached hydrogens (primary N) is 1. The largest absolute Gasteiger partial charge is 0.383 e. The number of rotatable bonds is 5. The van der Waals surface area contributed by atoms with Crippen molar-refractivity contribution in [2.45, 2.75) is 4.90 Å². The Kier molecular flexibility index (Phi) is 4.37. The first-order chi connectivity index (χ1) is 10.7. The molecular formula is C14H15ClN6S. The van der Waals surface area contributed by atoms with Crippen LogP contribution in [0.25, 0.3) is 17.1 Å². The number of imidazole rings is 1. The van der Waals surface area contributed by atoms with Crippen molar-refractivity contribution in [2.75, 3.05) is 18.7 Å². The van der Waals surface area contributed by atoms with Gasteiger partial charge in [0.2, 0.25) is 0 Å². The summed E-state index contributed by atoms with van der Waals surface area (Å²) >= 11 is 7.87. The second kappa shape index (κ2) is 6.43. The average molecular weight is 335 g/mol. The SMILES string of the molecule is CNCSc1c(-n2cncc2-c2ccccc2Cl)n[nH]c1N. The van der Waals surface area contributed by atoms with E-state index in [4.69, 9.17) is 17.3 Å². The topological polar surface area (TPSA) is 84.5 Å². The molecule has 0 aliphatic rings. The van der Waals surface area contributed by atoms with E-state index in [2.05, 4.69) is 20.5 Å². The maximum absolute atomic E-state index is 6.29. The molecule has 6 nitrogen and oxygen atoms in total. The first kappa shape index (κ1) is 15.0. The van der Waals surface area contributed by atoms with Crippen LogP contribution in [0.5, 0.6) is 0 Å². The van der Waals surface area contributed by atoms with Crippen molar-refractivity contribution < 1.29 is 0 Å². The number of aromatic nitrogens is 4. The predicted octanol–water partition coefficient (Wildman–Crippen LogP) is 2.77. The van der Waals surface area contributed by atoms with Crippen LogP contribution in [0, 0.1) is 0 Å². The molecule has 114 valence electrons. The fourth-order valence-electron chi connectivity index (χ4n) is 2.12. The lowest BCUT2D eigenvalue weighted by molar-refractivity contribution is 0.945. The van der Waals surface area contributed by atoms with Crippen LogP contribution in [-0.2, 0) is 0 Å². The second-order valence-electron chi connectivity index (χ2n) is 4.56. The van der Waals surface area contributed by atoms with Gasteiger partial charge in [0.25, 0.3) is 0 Å². The maximum atomic E-state index is 6.29. The number of anilines is 1. The number of H-pyrrole nitrogens is 1. The van der Waals surface area contributed by atoms with Crippen molar-refractivity contribution in [3.8, 4) is 17.1 Å². The molecule has 8 heteroatoms. The van der Waals surface area contributed by atoms with Gasteiger partial charge in [0.05, 0.1) is 16.8 Å². The zero-order chi connectivity index (χ0) is 15.5. The van der Waals surface area contributed by atoms with Crippen LogP contribution in [0.1, 0.15) is 0 Å². The van der Waals surface area contributed by atoms with Gasteiger partial charge in [-0.1, -0.05) is 29.8 Å². The van der Waals surface area contributed by atoms with Crippen molar-refractivity contribution in [3.63, 3.8) is 0 Å². The molecule has 3 aromatic rings. The lowest BCUT2D eigenvalue weighted by atomic mass is 10.1. The molecule has 0 spiro atoms. The van der Waals surface area contributed by atoms with Crippen LogP contribution in [0.3, 0.4) is 0 Å². The minimum atomic E-state index is 0.536. The van der Waals surface area contributed by atoms with E-state index >= 15 is 0 Å². The van der Waals surface area contributed by atoms with Gasteiger partial charge < -0.3 is 11.1 Å². The summed E-state index contributed by atoms with van der Waals surface area (Å²) in [4.78, 5) is 5.11. The van der Waals surface area contributed by atoms with Crippen LogP contribution >= 0.6 is 23.4 Å². The molecule has 3 rings (SSSR count). The quantitative estimate of drug-likeness (QED) is 0.493. The van der Waals surface area contributed by atoms with Gasteiger partial charge in [-0.3, -0.25) is 9.67 Å². The molecule has 2 heterocycles. The van der Waals surface area contributed by atoms with Crippen LogP contribution < -0.4 is 11.1 Å². The molecule has 0 saturated heterocycles. The summed E-state index contributed by atoms with van der Waals surface area (Å²) < 4.78 is 1.88. The van der Waals surface area contributed by atoms with Crippen molar-refractivity contribution in [2.24, 2.45) is 0 Å². The number of halogens is 1. The van der Waals surface area contributed by atoms with Crippen molar-refractivity contribution in [1.29, 1.82) is 0 Å². The van der Waals surface area contributed by atoms with Crippen molar-refractivity contribution >= 4 is 29.2 Å². The number of benzene rings is 1. The number of hydrogen-bond donors (Lipinski definition) is 3.